The zero-order valence-corrected chi connectivity index (χ0v) is 22.8. The van der Waals surface area contributed by atoms with E-state index in [0.29, 0.717) is 6.42 Å². The van der Waals surface area contributed by atoms with E-state index in [2.05, 4.69) is 33.6 Å². The van der Waals surface area contributed by atoms with E-state index in [1.807, 2.05) is 69.3 Å². The number of benzene rings is 2. The normalized spacial score (nSPS) is 13.1. The van der Waals surface area contributed by atoms with Gasteiger partial charge in [0.25, 0.3) is 0 Å². The number of hydrogen-bond donors (Lipinski definition) is 6. The molecule has 0 radical (unpaired) electrons. The SMILES string of the molecule is CC.Cc1ccc(CC(CNC(CS)C(=O)O)NC(=O)C(C)NC(=O)Cc2c[nH]c3ccccc23)cc1. The molecule has 3 aromatic rings. The number of carboxylic acids is 1. The Kier molecular flexibility index (Phi) is 12.2. The van der Waals surface area contributed by atoms with E-state index < -0.39 is 18.1 Å². The number of carboxylic acid groups (broad SMARTS) is 1. The second kappa shape index (κ2) is 15.1. The number of aliphatic carboxylic acids is 1. The van der Waals surface area contributed by atoms with Crippen LogP contribution in [0.2, 0.25) is 0 Å². The first kappa shape index (κ1) is 29.9. The first-order valence-corrected chi connectivity index (χ1v) is 13.2. The van der Waals surface area contributed by atoms with Gasteiger partial charge in [-0.25, -0.2) is 0 Å². The molecule has 0 bridgehead atoms. The minimum atomic E-state index is -1.00. The van der Waals surface area contributed by atoms with E-state index in [9.17, 15) is 19.5 Å². The number of carbonyl (C=O) groups excluding carboxylic acids is 2. The topological polar surface area (TPSA) is 123 Å². The summed E-state index contributed by atoms with van der Waals surface area (Å²) in [5.74, 6) is -1.47. The molecule has 3 rings (SSSR count). The number of carbonyl (C=O) groups is 3. The number of aromatic amines is 1. The van der Waals surface area contributed by atoms with Crippen LogP contribution in [-0.2, 0) is 27.2 Å². The Balaban J connectivity index is 0.00000235. The van der Waals surface area contributed by atoms with E-state index >= 15 is 0 Å². The third-order valence-electron chi connectivity index (χ3n) is 5.84. The largest absolute Gasteiger partial charge is 0.480 e. The van der Waals surface area contributed by atoms with Crippen LogP contribution in [0.25, 0.3) is 10.9 Å². The fraction of sp³-hybridized carbons (Fsp3) is 0.393. The fourth-order valence-electron chi connectivity index (χ4n) is 3.83. The molecule has 0 saturated carbocycles. The number of para-hydroxylation sites is 1. The molecule has 0 aliphatic rings. The lowest BCUT2D eigenvalue weighted by atomic mass is 10.0. The van der Waals surface area contributed by atoms with Crippen molar-refractivity contribution in [2.45, 2.75) is 58.7 Å². The van der Waals surface area contributed by atoms with Gasteiger partial charge in [-0.15, -0.1) is 0 Å². The molecule has 3 atom stereocenters. The first-order chi connectivity index (χ1) is 17.8. The maximum absolute atomic E-state index is 12.9. The second-order valence-corrected chi connectivity index (χ2v) is 9.07. The molecular weight excluding hydrogens is 488 g/mol. The van der Waals surface area contributed by atoms with Crippen LogP contribution >= 0.6 is 12.6 Å². The van der Waals surface area contributed by atoms with Crippen molar-refractivity contribution in [1.29, 1.82) is 0 Å². The molecular formula is C28H38N4O4S. The van der Waals surface area contributed by atoms with Crippen molar-refractivity contribution in [2.24, 2.45) is 0 Å². The van der Waals surface area contributed by atoms with E-state index in [1.165, 1.54) is 0 Å². The zero-order chi connectivity index (χ0) is 27.4. The van der Waals surface area contributed by atoms with Crippen molar-refractivity contribution in [3.05, 3.63) is 71.4 Å². The number of nitrogens with one attached hydrogen (secondary N) is 4. The predicted octanol–water partition coefficient (Wildman–Crippen LogP) is 3.25. The summed E-state index contributed by atoms with van der Waals surface area (Å²) in [4.78, 5) is 40.0. The van der Waals surface area contributed by atoms with Crippen LogP contribution in [0.5, 0.6) is 0 Å². The zero-order valence-electron chi connectivity index (χ0n) is 21.9. The van der Waals surface area contributed by atoms with Gasteiger partial charge in [0.1, 0.15) is 12.1 Å². The predicted molar refractivity (Wildman–Crippen MR) is 151 cm³/mol. The fourth-order valence-corrected chi connectivity index (χ4v) is 4.12. The van der Waals surface area contributed by atoms with Crippen molar-refractivity contribution >= 4 is 41.3 Å². The molecule has 0 aliphatic heterocycles. The smallest absolute Gasteiger partial charge is 0.321 e. The number of aromatic nitrogens is 1. The van der Waals surface area contributed by atoms with Crippen molar-refractivity contribution in [1.82, 2.24) is 20.9 Å². The minimum absolute atomic E-state index is 0.126. The van der Waals surface area contributed by atoms with Crippen molar-refractivity contribution in [3.63, 3.8) is 0 Å². The maximum atomic E-state index is 12.9. The number of hydrogen-bond acceptors (Lipinski definition) is 5. The number of rotatable bonds is 12. The summed E-state index contributed by atoms with van der Waals surface area (Å²) in [5, 5.41) is 18.9. The Morgan fingerprint density at radius 3 is 2.35 bits per heavy atom. The lowest BCUT2D eigenvalue weighted by molar-refractivity contribution is -0.138. The van der Waals surface area contributed by atoms with Gasteiger partial charge in [-0.3, -0.25) is 14.4 Å². The van der Waals surface area contributed by atoms with Crippen molar-refractivity contribution in [2.75, 3.05) is 12.3 Å². The Morgan fingerprint density at radius 2 is 1.70 bits per heavy atom. The third-order valence-corrected chi connectivity index (χ3v) is 6.20. The Hall–Kier alpha value is -3.30. The molecule has 0 fully saturated rings. The molecule has 1 aromatic heterocycles. The molecule has 1 heterocycles. The van der Waals surface area contributed by atoms with Crippen LogP contribution in [0.1, 0.15) is 37.5 Å². The number of fused-ring (bicyclic) bond motifs is 1. The Morgan fingerprint density at radius 1 is 1.03 bits per heavy atom. The molecule has 0 aliphatic carbocycles. The second-order valence-electron chi connectivity index (χ2n) is 8.70. The lowest BCUT2D eigenvalue weighted by Crippen LogP contribution is -2.53. The highest BCUT2D eigenvalue weighted by atomic mass is 32.1. The molecule has 0 spiro atoms. The van der Waals surface area contributed by atoms with Crippen LogP contribution < -0.4 is 16.0 Å². The molecule has 0 saturated heterocycles. The standard InChI is InChI=1S/C26H32N4O4S.C2H6/c1-16-7-9-18(10-8-16)11-20(14-28-23(15-35)26(33)34)30-25(32)17(2)29-24(31)12-19-13-27-22-6-4-3-5-21(19)22;1-2/h3-10,13,17,20,23,27-28,35H,11-12,14-15H2,1-2H3,(H,29,31)(H,30,32)(H,33,34);1-2H3. The average molecular weight is 527 g/mol. The van der Waals surface area contributed by atoms with Gasteiger partial charge < -0.3 is 26.0 Å². The van der Waals surface area contributed by atoms with Crippen LogP contribution in [0.3, 0.4) is 0 Å². The minimum Gasteiger partial charge on any atom is -0.480 e. The molecule has 9 heteroatoms. The quantitative estimate of drug-likeness (QED) is 0.202. The first-order valence-electron chi connectivity index (χ1n) is 12.5. The van der Waals surface area contributed by atoms with Gasteiger partial charge in [-0.1, -0.05) is 61.9 Å². The lowest BCUT2D eigenvalue weighted by Gasteiger charge is -2.24. The molecule has 37 heavy (non-hydrogen) atoms. The maximum Gasteiger partial charge on any atom is 0.321 e. The Labute approximate surface area is 224 Å². The van der Waals surface area contributed by atoms with E-state index in [-0.39, 0.29) is 36.6 Å². The van der Waals surface area contributed by atoms with Gasteiger partial charge >= 0.3 is 5.97 Å². The molecule has 200 valence electrons. The summed E-state index contributed by atoms with van der Waals surface area (Å²) in [7, 11) is 0. The summed E-state index contributed by atoms with van der Waals surface area (Å²) >= 11 is 4.09. The van der Waals surface area contributed by atoms with Gasteiger partial charge in [0.05, 0.1) is 6.42 Å². The monoisotopic (exact) mass is 526 g/mol. The summed E-state index contributed by atoms with van der Waals surface area (Å²) in [6, 6.07) is 13.7. The number of H-pyrrole nitrogens is 1. The highest BCUT2D eigenvalue weighted by molar-refractivity contribution is 7.80. The van der Waals surface area contributed by atoms with Crippen LogP contribution in [-0.4, -0.2) is 58.3 Å². The Bertz CT molecular complexity index is 1160. The van der Waals surface area contributed by atoms with Gasteiger partial charge in [0.2, 0.25) is 11.8 Å². The molecule has 3 unspecified atom stereocenters. The third kappa shape index (κ3) is 9.26. The van der Waals surface area contributed by atoms with Crippen LogP contribution in [0, 0.1) is 6.92 Å². The van der Waals surface area contributed by atoms with E-state index in [4.69, 9.17) is 0 Å². The average Bonchev–Trinajstić information content (AvgIpc) is 3.29. The van der Waals surface area contributed by atoms with Gasteiger partial charge in [-0.2, -0.15) is 12.6 Å². The molecule has 5 N–H and O–H groups in total. The molecule has 2 amide bonds. The highest BCUT2D eigenvalue weighted by Gasteiger charge is 2.22. The number of aryl methyl sites for hydroxylation is 1. The van der Waals surface area contributed by atoms with Crippen LogP contribution in [0.4, 0.5) is 0 Å². The molecule has 2 aromatic carbocycles. The number of thiol groups is 1. The van der Waals surface area contributed by atoms with Gasteiger partial charge in [0.15, 0.2) is 0 Å². The summed E-state index contributed by atoms with van der Waals surface area (Å²) < 4.78 is 0. The van der Waals surface area contributed by atoms with Crippen molar-refractivity contribution < 1.29 is 19.5 Å². The van der Waals surface area contributed by atoms with Gasteiger partial charge in [0, 0.05) is 35.4 Å². The van der Waals surface area contributed by atoms with E-state index in [1.54, 1.807) is 13.1 Å². The summed E-state index contributed by atoms with van der Waals surface area (Å²) in [6.45, 7) is 7.87. The van der Waals surface area contributed by atoms with Crippen molar-refractivity contribution in [3.8, 4) is 0 Å². The number of amides is 2. The van der Waals surface area contributed by atoms with Gasteiger partial charge in [-0.05, 0) is 37.5 Å². The molecule has 8 nitrogen and oxygen atoms in total. The summed E-state index contributed by atoms with van der Waals surface area (Å²) in [5.41, 5.74) is 3.95. The van der Waals surface area contributed by atoms with E-state index in [0.717, 1.165) is 27.6 Å². The van der Waals surface area contributed by atoms with Crippen LogP contribution in [0.15, 0.2) is 54.7 Å². The summed E-state index contributed by atoms with van der Waals surface area (Å²) in [6.07, 6.45) is 2.46. The highest BCUT2D eigenvalue weighted by Crippen LogP contribution is 2.18.